The number of benzene rings is 1. The molecule has 7 heteroatoms. The summed E-state index contributed by atoms with van der Waals surface area (Å²) in [4.78, 5) is 19.3. The van der Waals surface area contributed by atoms with Gasteiger partial charge in [0.1, 0.15) is 11.2 Å². The Kier molecular flexibility index (Phi) is 4.01. The molecule has 1 N–H and O–H groups in total. The summed E-state index contributed by atoms with van der Waals surface area (Å²) in [6, 6.07) is 4.88. The second kappa shape index (κ2) is 6.33. The molecular weight excluding hydrogens is 338 g/mol. The van der Waals surface area contributed by atoms with Crippen molar-refractivity contribution in [3.8, 4) is 11.5 Å². The van der Waals surface area contributed by atoms with Gasteiger partial charge in [-0.25, -0.2) is 4.98 Å². The molecule has 0 aliphatic heterocycles. The van der Waals surface area contributed by atoms with E-state index in [4.69, 9.17) is 4.74 Å². The third-order valence-corrected chi connectivity index (χ3v) is 5.59. The molecule has 1 aliphatic carbocycles. The molecule has 128 valence electrons. The number of nitrogens with zero attached hydrogens (tertiary/aromatic N) is 3. The summed E-state index contributed by atoms with van der Waals surface area (Å²) in [5.74, 6) is 0.418. The number of methoxy groups -OCH3 is 1. The van der Waals surface area contributed by atoms with Gasteiger partial charge in [-0.3, -0.25) is 4.79 Å². The summed E-state index contributed by atoms with van der Waals surface area (Å²) in [6.07, 6.45) is 7.27. The molecule has 2 aromatic heterocycles. The number of rotatable bonds is 3. The molecule has 0 saturated heterocycles. The number of aromatic hydroxyl groups is 1. The lowest BCUT2D eigenvalue weighted by molar-refractivity contribution is 0.373. The Bertz CT molecular complexity index is 1040. The Morgan fingerprint density at radius 3 is 3.04 bits per heavy atom. The first-order valence-electron chi connectivity index (χ1n) is 8.10. The van der Waals surface area contributed by atoms with Gasteiger partial charge in [-0.2, -0.15) is 9.78 Å². The van der Waals surface area contributed by atoms with Gasteiger partial charge in [0.2, 0.25) is 0 Å². The zero-order valence-electron chi connectivity index (χ0n) is 13.7. The Morgan fingerprint density at radius 1 is 1.36 bits per heavy atom. The largest absolute Gasteiger partial charge is 0.504 e. The van der Waals surface area contributed by atoms with Gasteiger partial charge in [-0.15, -0.1) is 11.3 Å². The summed E-state index contributed by atoms with van der Waals surface area (Å²) < 4.78 is 6.35. The predicted molar refractivity (Wildman–Crippen MR) is 98.2 cm³/mol. The van der Waals surface area contributed by atoms with E-state index in [0.29, 0.717) is 16.7 Å². The summed E-state index contributed by atoms with van der Waals surface area (Å²) >= 11 is 1.62. The van der Waals surface area contributed by atoms with Gasteiger partial charge in [0.05, 0.1) is 18.7 Å². The molecule has 4 rings (SSSR count). The van der Waals surface area contributed by atoms with Crippen molar-refractivity contribution in [2.75, 3.05) is 7.11 Å². The molecule has 1 aromatic carbocycles. The number of aromatic nitrogens is 2. The summed E-state index contributed by atoms with van der Waals surface area (Å²) in [7, 11) is 1.48. The molecule has 2 heterocycles. The fraction of sp³-hybridized carbons (Fsp3) is 0.278. The van der Waals surface area contributed by atoms with Crippen molar-refractivity contribution >= 4 is 27.8 Å². The first-order chi connectivity index (χ1) is 12.2. The fourth-order valence-electron chi connectivity index (χ4n) is 3.12. The topological polar surface area (TPSA) is 76.7 Å². The minimum atomic E-state index is -0.133. The zero-order valence-corrected chi connectivity index (χ0v) is 14.5. The third-order valence-electron chi connectivity index (χ3n) is 4.39. The van der Waals surface area contributed by atoms with Crippen molar-refractivity contribution in [1.82, 2.24) is 9.66 Å². The Hall–Kier alpha value is -2.67. The quantitative estimate of drug-likeness (QED) is 0.733. The van der Waals surface area contributed by atoms with Gasteiger partial charge >= 0.3 is 0 Å². The van der Waals surface area contributed by atoms with E-state index < -0.39 is 0 Å². The van der Waals surface area contributed by atoms with E-state index >= 15 is 0 Å². The van der Waals surface area contributed by atoms with E-state index in [-0.39, 0.29) is 11.3 Å². The van der Waals surface area contributed by atoms with Crippen molar-refractivity contribution in [1.29, 1.82) is 0 Å². The highest BCUT2D eigenvalue weighted by molar-refractivity contribution is 7.18. The van der Waals surface area contributed by atoms with Crippen LogP contribution in [0.1, 0.15) is 28.8 Å². The smallest absolute Gasteiger partial charge is 0.282 e. The van der Waals surface area contributed by atoms with Crippen LogP contribution in [0.3, 0.4) is 0 Å². The van der Waals surface area contributed by atoms with Gasteiger partial charge < -0.3 is 9.84 Å². The van der Waals surface area contributed by atoms with Crippen LogP contribution < -0.4 is 10.3 Å². The van der Waals surface area contributed by atoms with Gasteiger partial charge in [0, 0.05) is 4.88 Å². The van der Waals surface area contributed by atoms with Crippen molar-refractivity contribution in [2.24, 2.45) is 5.10 Å². The number of phenolic OH excluding ortho intramolecular Hbond substituents is 1. The first-order valence-corrected chi connectivity index (χ1v) is 8.92. The maximum atomic E-state index is 12.8. The molecule has 25 heavy (non-hydrogen) atoms. The van der Waals surface area contributed by atoms with Gasteiger partial charge in [-0.05, 0) is 55.0 Å². The maximum Gasteiger partial charge on any atom is 0.282 e. The zero-order chi connectivity index (χ0) is 17.4. The predicted octanol–water partition coefficient (Wildman–Crippen LogP) is 2.93. The van der Waals surface area contributed by atoms with Crippen LogP contribution in [0, 0.1) is 0 Å². The molecule has 0 amide bonds. The summed E-state index contributed by atoms with van der Waals surface area (Å²) in [5, 5.41) is 14.6. The molecule has 0 saturated carbocycles. The highest BCUT2D eigenvalue weighted by atomic mass is 32.1. The summed E-state index contributed by atoms with van der Waals surface area (Å²) in [6.45, 7) is 0. The van der Waals surface area contributed by atoms with Gasteiger partial charge in [0.25, 0.3) is 5.56 Å². The lowest BCUT2D eigenvalue weighted by atomic mass is 9.97. The first kappa shape index (κ1) is 15.8. The van der Waals surface area contributed by atoms with Crippen LogP contribution in [-0.2, 0) is 12.8 Å². The number of hydrogen-bond donors (Lipinski definition) is 1. The van der Waals surface area contributed by atoms with E-state index in [1.54, 1.807) is 29.7 Å². The second-order valence-electron chi connectivity index (χ2n) is 5.96. The van der Waals surface area contributed by atoms with Crippen LogP contribution >= 0.6 is 11.3 Å². The van der Waals surface area contributed by atoms with Crippen LogP contribution in [-0.4, -0.2) is 28.1 Å². The Labute approximate surface area is 148 Å². The molecule has 0 radical (unpaired) electrons. The maximum absolute atomic E-state index is 12.8. The SMILES string of the molecule is COc1cc(/C=N\n2cnc3sc4c(c3c2=O)CCCC4)ccc1O. The molecule has 0 fully saturated rings. The van der Waals surface area contributed by atoms with E-state index in [0.717, 1.165) is 29.7 Å². The van der Waals surface area contributed by atoms with Crippen LogP contribution in [0.5, 0.6) is 11.5 Å². The van der Waals surface area contributed by atoms with Crippen molar-refractivity contribution in [3.63, 3.8) is 0 Å². The summed E-state index contributed by atoms with van der Waals surface area (Å²) in [5.41, 5.74) is 1.74. The minimum absolute atomic E-state index is 0.0600. The molecule has 1 aliphatic rings. The van der Waals surface area contributed by atoms with E-state index in [9.17, 15) is 9.90 Å². The number of ether oxygens (including phenoxy) is 1. The van der Waals surface area contributed by atoms with Crippen molar-refractivity contribution < 1.29 is 9.84 Å². The van der Waals surface area contributed by atoms with E-state index in [1.807, 2.05) is 0 Å². The molecular formula is C18H17N3O3S. The highest BCUT2D eigenvalue weighted by Gasteiger charge is 2.19. The standard InChI is InChI=1S/C18H17N3O3S/c1-24-14-8-11(6-7-13(14)22)9-20-21-10-19-17-16(18(21)23)12-4-2-3-5-15(12)25-17/h6-10,22H,2-5H2,1H3/b20-9-. The minimum Gasteiger partial charge on any atom is -0.504 e. The van der Waals surface area contributed by atoms with E-state index in [1.165, 1.54) is 35.5 Å². The van der Waals surface area contributed by atoms with Crippen molar-refractivity contribution in [2.45, 2.75) is 25.7 Å². The lowest BCUT2D eigenvalue weighted by Gasteiger charge is -2.09. The lowest BCUT2D eigenvalue weighted by Crippen LogP contribution is -2.18. The van der Waals surface area contributed by atoms with Gasteiger partial charge in [-0.1, -0.05) is 0 Å². The Morgan fingerprint density at radius 2 is 2.20 bits per heavy atom. The van der Waals surface area contributed by atoms with Crippen LogP contribution in [0.2, 0.25) is 0 Å². The highest BCUT2D eigenvalue weighted by Crippen LogP contribution is 2.33. The normalized spacial score (nSPS) is 14.1. The fourth-order valence-corrected chi connectivity index (χ4v) is 4.34. The molecule has 6 nitrogen and oxygen atoms in total. The van der Waals surface area contributed by atoms with Crippen LogP contribution in [0.4, 0.5) is 0 Å². The third kappa shape index (κ3) is 2.80. The number of hydrogen-bond acceptors (Lipinski definition) is 6. The molecule has 0 bridgehead atoms. The number of thiophene rings is 1. The van der Waals surface area contributed by atoms with Crippen LogP contribution in [0.15, 0.2) is 34.4 Å². The molecule has 0 spiro atoms. The molecule has 0 atom stereocenters. The van der Waals surface area contributed by atoms with Crippen molar-refractivity contribution in [3.05, 3.63) is 50.9 Å². The second-order valence-corrected chi connectivity index (χ2v) is 7.04. The van der Waals surface area contributed by atoms with E-state index in [2.05, 4.69) is 10.1 Å². The Balaban J connectivity index is 1.75. The number of fused-ring (bicyclic) bond motifs is 3. The van der Waals surface area contributed by atoms with Gasteiger partial charge in [0.15, 0.2) is 11.5 Å². The van der Waals surface area contributed by atoms with Crippen LogP contribution in [0.25, 0.3) is 10.2 Å². The molecule has 0 unspecified atom stereocenters. The number of phenols is 1. The molecule has 3 aromatic rings. The average Bonchev–Trinajstić information content (AvgIpc) is 3.01. The average molecular weight is 355 g/mol. The number of aryl methyl sites for hydroxylation is 2. The monoisotopic (exact) mass is 355 g/mol.